The van der Waals surface area contributed by atoms with Crippen LogP contribution in [-0.4, -0.2) is 29.9 Å². The van der Waals surface area contributed by atoms with Crippen molar-refractivity contribution in [3.8, 4) is 6.07 Å². The van der Waals surface area contributed by atoms with E-state index in [1.165, 1.54) is 0 Å². The van der Waals surface area contributed by atoms with E-state index >= 15 is 0 Å². The van der Waals surface area contributed by atoms with Crippen LogP contribution in [0.15, 0.2) is 35.3 Å². The summed E-state index contributed by atoms with van der Waals surface area (Å²) in [5.41, 5.74) is 1.09. The fourth-order valence-electron chi connectivity index (χ4n) is 1.75. The van der Waals surface area contributed by atoms with E-state index in [0.29, 0.717) is 0 Å². The summed E-state index contributed by atoms with van der Waals surface area (Å²) in [6.07, 6.45) is 0. The average molecular weight is 199 g/mol. The van der Waals surface area contributed by atoms with Gasteiger partial charge in [-0.15, -0.1) is 0 Å². The highest BCUT2D eigenvalue weighted by Gasteiger charge is 2.22. The Kier molecular flexibility index (Phi) is 2.68. The molecule has 15 heavy (non-hydrogen) atoms. The van der Waals surface area contributed by atoms with E-state index in [1.54, 1.807) is 0 Å². The van der Waals surface area contributed by atoms with Gasteiger partial charge in [0.1, 0.15) is 11.9 Å². The Morgan fingerprint density at radius 3 is 2.80 bits per heavy atom. The molecule has 0 spiro atoms. The lowest BCUT2D eigenvalue weighted by atomic mass is 10.2. The van der Waals surface area contributed by atoms with Crippen molar-refractivity contribution in [1.82, 2.24) is 4.90 Å². The molecule has 1 heterocycles. The van der Waals surface area contributed by atoms with Crippen molar-refractivity contribution in [1.29, 1.82) is 5.26 Å². The third-order valence-electron chi connectivity index (χ3n) is 2.56. The summed E-state index contributed by atoms with van der Waals surface area (Å²) < 4.78 is 0. The van der Waals surface area contributed by atoms with Crippen LogP contribution in [0.4, 0.5) is 0 Å². The summed E-state index contributed by atoms with van der Waals surface area (Å²) in [6, 6.07) is 12.2. The van der Waals surface area contributed by atoms with Gasteiger partial charge in [-0.3, -0.25) is 4.99 Å². The van der Waals surface area contributed by atoms with Gasteiger partial charge in [0.15, 0.2) is 0 Å². The summed E-state index contributed by atoms with van der Waals surface area (Å²) in [5, 5.41) is 8.91. The second kappa shape index (κ2) is 4.14. The normalized spacial score (nSPS) is 17.1. The van der Waals surface area contributed by atoms with Gasteiger partial charge in [0.2, 0.25) is 0 Å². The number of benzene rings is 1. The molecule has 0 bridgehead atoms. The summed E-state index contributed by atoms with van der Waals surface area (Å²) in [4.78, 5) is 6.50. The maximum atomic E-state index is 8.91. The van der Waals surface area contributed by atoms with E-state index in [0.717, 1.165) is 24.5 Å². The van der Waals surface area contributed by atoms with Crippen LogP contribution in [-0.2, 0) is 0 Å². The SMILES string of the molecule is CC(C#N)N1CCN=C1c1ccccc1. The van der Waals surface area contributed by atoms with E-state index in [4.69, 9.17) is 5.26 Å². The zero-order valence-electron chi connectivity index (χ0n) is 8.72. The molecule has 0 amide bonds. The van der Waals surface area contributed by atoms with Crippen LogP contribution in [0, 0.1) is 11.3 Å². The number of aliphatic imine (C=N–C) groups is 1. The van der Waals surface area contributed by atoms with E-state index < -0.39 is 0 Å². The molecule has 0 N–H and O–H groups in total. The van der Waals surface area contributed by atoms with Crippen molar-refractivity contribution in [3.63, 3.8) is 0 Å². The van der Waals surface area contributed by atoms with Crippen molar-refractivity contribution >= 4 is 5.84 Å². The summed E-state index contributed by atoms with van der Waals surface area (Å²) in [5.74, 6) is 0.949. The third-order valence-corrected chi connectivity index (χ3v) is 2.56. The zero-order chi connectivity index (χ0) is 10.7. The number of nitriles is 1. The number of hydrogen-bond acceptors (Lipinski definition) is 3. The van der Waals surface area contributed by atoms with Crippen LogP contribution < -0.4 is 0 Å². The minimum Gasteiger partial charge on any atom is -0.339 e. The second-order valence-corrected chi connectivity index (χ2v) is 3.57. The quantitative estimate of drug-likeness (QED) is 0.726. The molecule has 0 fully saturated rings. The van der Waals surface area contributed by atoms with Crippen molar-refractivity contribution in [2.75, 3.05) is 13.1 Å². The van der Waals surface area contributed by atoms with Gasteiger partial charge in [-0.1, -0.05) is 30.3 Å². The Bertz CT molecular complexity index is 403. The molecule has 2 rings (SSSR count). The molecule has 3 nitrogen and oxygen atoms in total. The van der Waals surface area contributed by atoms with Crippen molar-refractivity contribution < 1.29 is 0 Å². The average Bonchev–Trinajstić information content (AvgIpc) is 2.78. The predicted molar refractivity (Wildman–Crippen MR) is 59.6 cm³/mol. The number of amidine groups is 1. The largest absolute Gasteiger partial charge is 0.339 e. The van der Waals surface area contributed by atoms with Gasteiger partial charge in [0.05, 0.1) is 12.6 Å². The minimum atomic E-state index is -0.105. The molecular weight excluding hydrogens is 186 g/mol. The predicted octanol–water partition coefficient (Wildman–Crippen LogP) is 1.66. The topological polar surface area (TPSA) is 39.4 Å². The minimum absolute atomic E-state index is 0.105. The van der Waals surface area contributed by atoms with Crippen LogP contribution in [0.5, 0.6) is 0 Å². The molecule has 1 aliphatic rings. The molecule has 0 aliphatic carbocycles. The van der Waals surface area contributed by atoms with Crippen LogP contribution in [0.1, 0.15) is 12.5 Å². The standard InChI is InChI=1S/C12H13N3/c1-10(9-13)15-8-7-14-12(15)11-5-3-2-4-6-11/h2-6,10H,7-8H2,1H3. The molecule has 0 saturated heterocycles. The number of nitrogens with zero attached hydrogens (tertiary/aromatic N) is 3. The highest BCUT2D eigenvalue weighted by atomic mass is 15.3. The summed E-state index contributed by atoms with van der Waals surface area (Å²) in [6.45, 7) is 3.54. The lowest BCUT2D eigenvalue weighted by molar-refractivity contribution is 0.419. The molecule has 1 atom stereocenters. The fourth-order valence-corrected chi connectivity index (χ4v) is 1.75. The fraction of sp³-hybridized carbons (Fsp3) is 0.333. The zero-order valence-corrected chi connectivity index (χ0v) is 8.72. The van der Waals surface area contributed by atoms with Gasteiger partial charge in [-0.2, -0.15) is 5.26 Å². The summed E-state index contributed by atoms with van der Waals surface area (Å²) >= 11 is 0. The molecule has 0 saturated carbocycles. The number of hydrogen-bond donors (Lipinski definition) is 0. The Morgan fingerprint density at radius 1 is 1.40 bits per heavy atom. The first-order valence-corrected chi connectivity index (χ1v) is 5.09. The lowest BCUT2D eigenvalue weighted by Gasteiger charge is -2.22. The molecule has 1 aromatic rings. The van der Waals surface area contributed by atoms with E-state index in [2.05, 4.69) is 16.0 Å². The van der Waals surface area contributed by atoms with Gasteiger partial charge in [-0.05, 0) is 6.92 Å². The van der Waals surface area contributed by atoms with E-state index in [9.17, 15) is 0 Å². The first kappa shape index (κ1) is 9.72. The van der Waals surface area contributed by atoms with Gasteiger partial charge in [0, 0.05) is 12.1 Å². The maximum Gasteiger partial charge on any atom is 0.132 e. The first-order valence-electron chi connectivity index (χ1n) is 5.09. The third kappa shape index (κ3) is 1.84. The molecule has 1 unspecified atom stereocenters. The summed E-state index contributed by atoms with van der Waals surface area (Å²) in [7, 11) is 0. The van der Waals surface area contributed by atoms with Gasteiger partial charge in [0.25, 0.3) is 0 Å². The Labute approximate surface area is 89.7 Å². The lowest BCUT2D eigenvalue weighted by Crippen LogP contribution is -2.35. The Hall–Kier alpha value is -1.82. The molecule has 76 valence electrons. The van der Waals surface area contributed by atoms with Crippen molar-refractivity contribution in [3.05, 3.63) is 35.9 Å². The van der Waals surface area contributed by atoms with Crippen LogP contribution in [0.3, 0.4) is 0 Å². The number of rotatable bonds is 2. The monoisotopic (exact) mass is 199 g/mol. The molecule has 0 aromatic heterocycles. The molecule has 3 heteroatoms. The Morgan fingerprint density at radius 2 is 2.13 bits per heavy atom. The first-order chi connectivity index (χ1) is 7.33. The van der Waals surface area contributed by atoms with Crippen LogP contribution >= 0.6 is 0 Å². The molecule has 1 aromatic carbocycles. The highest BCUT2D eigenvalue weighted by Crippen LogP contribution is 2.13. The van der Waals surface area contributed by atoms with E-state index in [-0.39, 0.29) is 6.04 Å². The van der Waals surface area contributed by atoms with Gasteiger partial charge < -0.3 is 4.90 Å². The highest BCUT2D eigenvalue weighted by molar-refractivity contribution is 6.00. The maximum absolute atomic E-state index is 8.91. The molecule has 0 radical (unpaired) electrons. The van der Waals surface area contributed by atoms with E-state index in [1.807, 2.05) is 37.3 Å². The van der Waals surface area contributed by atoms with Crippen molar-refractivity contribution in [2.24, 2.45) is 4.99 Å². The van der Waals surface area contributed by atoms with Crippen LogP contribution in [0.25, 0.3) is 0 Å². The molecule has 1 aliphatic heterocycles. The molecular formula is C12H13N3. The smallest absolute Gasteiger partial charge is 0.132 e. The second-order valence-electron chi connectivity index (χ2n) is 3.57. The van der Waals surface area contributed by atoms with Crippen LogP contribution in [0.2, 0.25) is 0 Å². The van der Waals surface area contributed by atoms with Gasteiger partial charge in [-0.25, -0.2) is 0 Å². The van der Waals surface area contributed by atoms with Crippen molar-refractivity contribution in [2.45, 2.75) is 13.0 Å². The van der Waals surface area contributed by atoms with Gasteiger partial charge >= 0.3 is 0 Å². The Balaban J connectivity index is 2.27.